The Morgan fingerprint density at radius 1 is 1.31 bits per heavy atom. The van der Waals surface area contributed by atoms with Gasteiger partial charge in [0.05, 0.1) is 0 Å². The molecule has 0 aromatic carbocycles. The van der Waals surface area contributed by atoms with E-state index in [2.05, 4.69) is 15.5 Å². The first-order valence-corrected chi connectivity index (χ1v) is 5.83. The van der Waals surface area contributed by atoms with E-state index in [-0.39, 0.29) is 11.2 Å². The van der Waals surface area contributed by atoms with Gasteiger partial charge in [0.15, 0.2) is 0 Å². The molecule has 16 heavy (non-hydrogen) atoms. The van der Waals surface area contributed by atoms with E-state index < -0.39 is 11.2 Å². The van der Waals surface area contributed by atoms with Crippen LogP contribution < -0.4 is 5.32 Å². The summed E-state index contributed by atoms with van der Waals surface area (Å²) in [5.74, 6) is 0.336. The van der Waals surface area contributed by atoms with Crippen molar-refractivity contribution >= 4 is 16.5 Å². The number of hydrogen-bond acceptors (Lipinski definition) is 4. The molecule has 0 saturated heterocycles. The van der Waals surface area contributed by atoms with Crippen molar-refractivity contribution in [1.82, 2.24) is 10.2 Å². The van der Waals surface area contributed by atoms with Crippen molar-refractivity contribution in [2.75, 3.05) is 5.32 Å². The lowest BCUT2D eigenvalue weighted by molar-refractivity contribution is -0.138. The molecule has 1 rings (SSSR count). The van der Waals surface area contributed by atoms with Gasteiger partial charge in [-0.05, 0) is 12.3 Å². The Kier molecular flexibility index (Phi) is 4.12. The van der Waals surface area contributed by atoms with E-state index in [1.165, 1.54) is 0 Å². The molecular weight excluding hydrogens is 239 g/mol. The zero-order valence-electron chi connectivity index (χ0n) is 9.30. The zero-order valence-corrected chi connectivity index (χ0v) is 10.1. The highest BCUT2D eigenvalue weighted by molar-refractivity contribution is 7.15. The summed E-state index contributed by atoms with van der Waals surface area (Å²) in [6.07, 6.45) is -3.57. The third-order valence-corrected chi connectivity index (χ3v) is 3.12. The normalized spacial score (nSPS) is 14.2. The van der Waals surface area contributed by atoms with Crippen LogP contribution in [0.1, 0.15) is 32.2 Å². The molecule has 0 aliphatic carbocycles. The molecule has 0 aliphatic rings. The number of nitrogens with zero attached hydrogens (tertiary/aromatic N) is 2. The molecule has 1 aromatic rings. The number of alkyl halides is 3. The van der Waals surface area contributed by atoms with Crippen LogP contribution in [0.4, 0.5) is 18.3 Å². The quantitative estimate of drug-likeness (QED) is 0.893. The summed E-state index contributed by atoms with van der Waals surface area (Å²) in [4.78, 5) is 0. The Morgan fingerprint density at radius 2 is 1.94 bits per heavy atom. The number of hydrogen-bond donors (Lipinski definition) is 1. The number of rotatable bonds is 4. The third-order valence-electron chi connectivity index (χ3n) is 2.22. The second kappa shape index (κ2) is 4.99. The summed E-state index contributed by atoms with van der Waals surface area (Å²) in [6, 6.07) is 0.119. The van der Waals surface area contributed by atoms with Gasteiger partial charge < -0.3 is 5.32 Å². The fourth-order valence-electron chi connectivity index (χ4n) is 1.29. The molecule has 92 valence electrons. The number of halogens is 3. The number of nitrogens with one attached hydrogen (secondary N) is 1. The Labute approximate surface area is 96.1 Å². The van der Waals surface area contributed by atoms with Crippen LogP contribution in [-0.4, -0.2) is 16.2 Å². The van der Waals surface area contributed by atoms with Crippen molar-refractivity contribution < 1.29 is 13.2 Å². The molecule has 1 N–H and O–H groups in total. The van der Waals surface area contributed by atoms with Gasteiger partial charge in [0.1, 0.15) is 0 Å². The van der Waals surface area contributed by atoms with Gasteiger partial charge in [0, 0.05) is 6.04 Å². The standard InChI is InChI=1S/C9H14F3N3S/c1-4-6(5(2)3)13-8-15-14-7(16-8)9(10,11)12/h5-6H,4H2,1-3H3,(H,13,15). The minimum atomic E-state index is -4.41. The minimum absolute atomic E-state index is 0.119. The van der Waals surface area contributed by atoms with Gasteiger partial charge in [-0.2, -0.15) is 13.2 Å². The molecule has 0 bridgehead atoms. The average molecular weight is 253 g/mol. The second-order valence-electron chi connectivity index (χ2n) is 3.81. The molecule has 1 atom stereocenters. The molecule has 1 heterocycles. The monoisotopic (exact) mass is 253 g/mol. The summed E-state index contributed by atoms with van der Waals surface area (Å²) in [5, 5.41) is 8.89. The first-order chi connectivity index (χ1) is 7.34. The van der Waals surface area contributed by atoms with Crippen LogP contribution in [0.15, 0.2) is 0 Å². The maximum absolute atomic E-state index is 12.3. The van der Waals surface area contributed by atoms with E-state index >= 15 is 0 Å². The maximum Gasteiger partial charge on any atom is 0.445 e. The molecule has 0 amide bonds. The van der Waals surface area contributed by atoms with E-state index in [0.717, 1.165) is 6.42 Å². The second-order valence-corrected chi connectivity index (χ2v) is 4.79. The first kappa shape index (κ1) is 13.2. The largest absolute Gasteiger partial charge is 0.445 e. The molecule has 0 saturated carbocycles. The summed E-state index contributed by atoms with van der Waals surface area (Å²) < 4.78 is 36.8. The highest BCUT2D eigenvalue weighted by Crippen LogP contribution is 2.33. The summed E-state index contributed by atoms with van der Waals surface area (Å²) >= 11 is 0.543. The summed E-state index contributed by atoms with van der Waals surface area (Å²) in [6.45, 7) is 5.99. The molecular formula is C9H14F3N3S. The van der Waals surface area contributed by atoms with Crippen molar-refractivity contribution in [2.45, 2.75) is 39.4 Å². The highest BCUT2D eigenvalue weighted by atomic mass is 32.1. The Morgan fingerprint density at radius 3 is 2.31 bits per heavy atom. The molecule has 1 aromatic heterocycles. The van der Waals surface area contributed by atoms with Crippen molar-refractivity contribution in [1.29, 1.82) is 0 Å². The topological polar surface area (TPSA) is 37.8 Å². The number of aromatic nitrogens is 2. The lowest BCUT2D eigenvalue weighted by Crippen LogP contribution is -2.24. The van der Waals surface area contributed by atoms with E-state index in [1.807, 2.05) is 20.8 Å². The van der Waals surface area contributed by atoms with Crippen molar-refractivity contribution in [3.05, 3.63) is 5.01 Å². The zero-order chi connectivity index (χ0) is 12.3. The fraction of sp³-hybridized carbons (Fsp3) is 0.778. The van der Waals surface area contributed by atoms with Crippen LogP contribution in [0.3, 0.4) is 0 Å². The summed E-state index contributed by atoms with van der Waals surface area (Å²) in [7, 11) is 0. The van der Waals surface area contributed by atoms with Crippen molar-refractivity contribution in [2.24, 2.45) is 5.92 Å². The average Bonchev–Trinajstić information content (AvgIpc) is 2.61. The summed E-state index contributed by atoms with van der Waals surface area (Å²) in [5.41, 5.74) is 0. The molecule has 7 heteroatoms. The Hall–Kier alpha value is -0.850. The lowest BCUT2D eigenvalue weighted by atomic mass is 10.0. The van der Waals surface area contributed by atoms with Gasteiger partial charge >= 0.3 is 6.18 Å². The maximum atomic E-state index is 12.3. The predicted octanol–water partition coefficient (Wildman–Crippen LogP) is 3.40. The van der Waals surface area contributed by atoms with Gasteiger partial charge in [0.25, 0.3) is 0 Å². The van der Waals surface area contributed by atoms with E-state index in [4.69, 9.17) is 0 Å². The van der Waals surface area contributed by atoms with E-state index in [9.17, 15) is 13.2 Å². The molecule has 1 unspecified atom stereocenters. The SMILES string of the molecule is CCC(Nc1nnc(C(F)(F)F)s1)C(C)C. The van der Waals surface area contributed by atoms with Gasteiger partial charge in [-0.15, -0.1) is 10.2 Å². The Bertz CT molecular complexity index is 335. The van der Waals surface area contributed by atoms with Crippen LogP contribution in [-0.2, 0) is 6.18 Å². The predicted molar refractivity (Wildman–Crippen MR) is 57.5 cm³/mol. The lowest BCUT2D eigenvalue weighted by Gasteiger charge is -2.19. The van der Waals surface area contributed by atoms with Crippen LogP contribution in [0.25, 0.3) is 0 Å². The fourth-order valence-corrected chi connectivity index (χ4v) is 1.97. The highest BCUT2D eigenvalue weighted by Gasteiger charge is 2.35. The molecule has 3 nitrogen and oxygen atoms in total. The molecule has 0 spiro atoms. The minimum Gasteiger partial charge on any atom is -0.357 e. The van der Waals surface area contributed by atoms with Gasteiger partial charge in [0.2, 0.25) is 10.1 Å². The van der Waals surface area contributed by atoms with Gasteiger partial charge in [-0.1, -0.05) is 32.1 Å². The Balaban J connectivity index is 2.72. The smallest absolute Gasteiger partial charge is 0.357 e. The number of anilines is 1. The van der Waals surface area contributed by atoms with Gasteiger partial charge in [-0.25, -0.2) is 0 Å². The van der Waals surface area contributed by atoms with Crippen molar-refractivity contribution in [3.8, 4) is 0 Å². The third kappa shape index (κ3) is 3.33. The van der Waals surface area contributed by atoms with Crippen molar-refractivity contribution in [3.63, 3.8) is 0 Å². The van der Waals surface area contributed by atoms with Crippen LogP contribution in [0.5, 0.6) is 0 Å². The van der Waals surface area contributed by atoms with Crippen LogP contribution in [0, 0.1) is 5.92 Å². The molecule has 0 fully saturated rings. The van der Waals surface area contributed by atoms with E-state index in [1.54, 1.807) is 0 Å². The molecule has 0 radical (unpaired) electrons. The first-order valence-electron chi connectivity index (χ1n) is 5.01. The molecule has 0 aliphatic heterocycles. The van der Waals surface area contributed by atoms with Crippen LogP contribution in [0.2, 0.25) is 0 Å². The van der Waals surface area contributed by atoms with Gasteiger partial charge in [-0.3, -0.25) is 0 Å². The van der Waals surface area contributed by atoms with Crippen LogP contribution >= 0.6 is 11.3 Å². The van der Waals surface area contributed by atoms with E-state index in [0.29, 0.717) is 17.3 Å².